The van der Waals surface area contributed by atoms with E-state index >= 15 is 0 Å². The van der Waals surface area contributed by atoms with Gasteiger partial charge in [-0.3, -0.25) is 9.59 Å². The van der Waals surface area contributed by atoms with Crippen molar-refractivity contribution in [2.75, 3.05) is 11.9 Å². The molecular weight excluding hydrogens is 263 g/mol. The molecule has 1 atom stereocenters. The predicted molar refractivity (Wildman–Crippen MR) is 61.6 cm³/mol. The lowest BCUT2D eigenvalue weighted by Gasteiger charge is -2.09. The molecular formula is C11H12F3N3O2. The van der Waals surface area contributed by atoms with E-state index in [0.29, 0.717) is 6.07 Å². The maximum atomic E-state index is 13.2. The second-order valence-corrected chi connectivity index (χ2v) is 3.78. The van der Waals surface area contributed by atoms with E-state index in [9.17, 15) is 22.8 Å². The number of hydrogen-bond acceptors (Lipinski definition) is 3. The number of nitrogens with two attached hydrogens (primary N) is 1. The van der Waals surface area contributed by atoms with Crippen LogP contribution in [0.1, 0.15) is 6.92 Å². The van der Waals surface area contributed by atoms with E-state index in [4.69, 9.17) is 5.73 Å². The van der Waals surface area contributed by atoms with Gasteiger partial charge < -0.3 is 16.4 Å². The zero-order chi connectivity index (χ0) is 14.6. The summed E-state index contributed by atoms with van der Waals surface area (Å²) >= 11 is 0. The Bertz CT molecular complexity index is 506. The molecule has 0 saturated heterocycles. The van der Waals surface area contributed by atoms with E-state index in [1.165, 1.54) is 6.92 Å². The Morgan fingerprint density at radius 2 is 1.89 bits per heavy atom. The largest absolute Gasteiger partial charge is 0.346 e. The second kappa shape index (κ2) is 6.19. The molecule has 0 bridgehead atoms. The summed E-state index contributed by atoms with van der Waals surface area (Å²) in [5, 5.41) is 4.18. The van der Waals surface area contributed by atoms with Crippen molar-refractivity contribution in [1.29, 1.82) is 0 Å². The van der Waals surface area contributed by atoms with Crippen molar-refractivity contribution in [3.8, 4) is 0 Å². The zero-order valence-corrected chi connectivity index (χ0v) is 9.97. The number of rotatable bonds is 4. The fourth-order valence-electron chi connectivity index (χ4n) is 1.15. The predicted octanol–water partition coefficient (Wildman–Crippen LogP) is 0.506. The number of carbonyl (C=O) groups is 2. The lowest BCUT2D eigenvalue weighted by Crippen LogP contribution is -2.41. The summed E-state index contributed by atoms with van der Waals surface area (Å²) in [6.45, 7) is 0.959. The minimum atomic E-state index is -1.68. The van der Waals surface area contributed by atoms with Crippen molar-refractivity contribution >= 4 is 17.5 Å². The van der Waals surface area contributed by atoms with E-state index in [1.807, 2.05) is 5.32 Å². The number of halogens is 3. The fraction of sp³-hybridized carbons (Fsp3) is 0.273. The Hall–Kier alpha value is -2.09. The average Bonchev–Trinajstić information content (AvgIpc) is 2.36. The molecule has 0 aliphatic rings. The number of nitrogens with one attached hydrogen (secondary N) is 2. The standard InChI is InChI=1S/C11H12F3N3O2/c1-5(15)11(19)16-4-8(18)17-7-3-2-6(12)9(13)10(7)14/h2-3,5H,4,15H2,1H3,(H,16,19)(H,17,18)/t5-/m1/s1. The highest BCUT2D eigenvalue weighted by Gasteiger charge is 2.15. The van der Waals surface area contributed by atoms with Crippen LogP contribution in [0.5, 0.6) is 0 Å². The highest BCUT2D eigenvalue weighted by Crippen LogP contribution is 2.19. The monoisotopic (exact) mass is 275 g/mol. The topological polar surface area (TPSA) is 84.2 Å². The maximum absolute atomic E-state index is 13.2. The maximum Gasteiger partial charge on any atom is 0.243 e. The van der Waals surface area contributed by atoms with Gasteiger partial charge in [-0.2, -0.15) is 0 Å². The molecule has 1 aromatic rings. The Kier molecular flexibility index (Phi) is 4.87. The van der Waals surface area contributed by atoms with Gasteiger partial charge in [-0.15, -0.1) is 0 Å². The van der Waals surface area contributed by atoms with Crippen molar-refractivity contribution in [1.82, 2.24) is 5.32 Å². The molecule has 0 aliphatic carbocycles. The van der Waals surface area contributed by atoms with Crippen LogP contribution in [0, 0.1) is 17.5 Å². The molecule has 104 valence electrons. The molecule has 1 aromatic carbocycles. The average molecular weight is 275 g/mol. The van der Waals surface area contributed by atoms with Crippen LogP contribution in [-0.2, 0) is 9.59 Å². The summed E-state index contributed by atoms with van der Waals surface area (Å²) in [7, 11) is 0. The van der Waals surface area contributed by atoms with Crippen LogP contribution in [-0.4, -0.2) is 24.4 Å². The molecule has 2 amide bonds. The van der Waals surface area contributed by atoms with Crippen LogP contribution in [0.2, 0.25) is 0 Å². The lowest BCUT2D eigenvalue weighted by atomic mass is 10.2. The number of carbonyl (C=O) groups excluding carboxylic acids is 2. The minimum Gasteiger partial charge on any atom is -0.346 e. The van der Waals surface area contributed by atoms with Crippen molar-refractivity contribution in [2.24, 2.45) is 5.73 Å². The molecule has 0 unspecified atom stereocenters. The van der Waals surface area contributed by atoms with E-state index in [-0.39, 0.29) is 0 Å². The third kappa shape index (κ3) is 3.95. The number of anilines is 1. The number of amides is 2. The molecule has 0 spiro atoms. The molecule has 1 rings (SSSR count). The molecule has 0 radical (unpaired) electrons. The summed E-state index contributed by atoms with van der Waals surface area (Å²) in [6.07, 6.45) is 0. The summed E-state index contributed by atoms with van der Waals surface area (Å²) < 4.78 is 38.7. The van der Waals surface area contributed by atoms with Crippen molar-refractivity contribution in [3.63, 3.8) is 0 Å². The molecule has 0 fully saturated rings. The number of hydrogen-bond donors (Lipinski definition) is 3. The molecule has 0 aromatic heterocycles. The molecule has 8 heteroatoms. The van der Waals surface area contributed by atoms with Crippen LogP contribution >= 0.6 is 0 Å². The van der Waals surface area contributed by atoms with Gasteiger partial charge in [-0.25, -0.2) is 13.2 Å². The summed E-state index contributed by atoms with van der Waals surface area (Å²) in [4.78, 5) is 22.4. The summed E-state index contributed by atoms with van der Waals surface area (Å²) in [5.41, 5.74) is 4.73. The van der Waals surface area contributed by atoms with Crippen molar-refractivity contribution < 1.29 is 22.8 Å². The highest BCUT2D eigenvalue weighted by atomic mass is 19.2. The number of benzene rings is 1. The molecule has 0 aliphatic heterocycles. The zero-order valence-electron chi connectivity index (χ0n) is 9.97. The minimum absolute atomic E-state index is 0.460. The van der Waals surface area contributed by atoms with E-state index in [0.717, 1.165) is 6.07 Å². The van der Waals surface area contributed by atoms with E-state index in [2.05, 4.69) is 5.32 Å². The Morgan fingerprint density at radius 3 is 2.47 bits per heavy atom. The Labute approximate surface area is 107 Å². The van der Waals surface area contributed by atoms with E-state index in [1.54, 1.807) is 0 Å². The third-order valence-corrected chi connectivity index (χ3v) is 2.15. The lowest BCUT2D eigenvalue weighted by molar-refractivity contribution is -0.124. The highest BCUT2D eigenvalue weighted by molar-refractivity contribution is 5.95. The van der Waals surface area contributed by atoms with Gasteiger partial charge in [0.2, 0.25) is 11.8 Å². The van der Waals surface area contributed by atoms with Gasteiger partial charge in [0.25, 0.3) is 0 Å². The molecule has 0 saturated carbocycles. The van der Waals surface area contributed by atoms with Gasteiger partial charge in [0.1, 0.15) is 0 Å². The summed E-state index contributed by atoms with van der Waals surface area (Å²) in [5.74, 6) is -5.91. The smallest absolute Gasteiger partial charge is 0.243 e. The van der Waals surface area contributed by atoms with Crippen LogP contribution in [0.25, 0.3) is 0 Å². The van der Waals surface area contributed by atoms with E-state index < -0.39 is 47.5 Å². The van der Waals surface area contributed by atoms with Crippen LogP contribution < -0.4 is 16.4 Å². The first-order chi connectivity index (χ1) is 8.82. The van der Waals surface area contributed by atoms with Crippen LogP contribution in [0.4, 0.5) is 18.9 Å². The van der Waals surface area contributed by atoms with Gasteiger partial charge in [0.15, 0.2) is 17.5 Å². The summed E-state index contributed by atoms with van der Waals surface area (Å²) in [6, 6.07) is 0.751. The Balaban J connectivity index is 2.63. The molecule has 5 nitrogen and oxygen atoms in total. The first-order valence-corrected chi connectivity index (χ1v) is 5.29. The van der Waals surface area contributed by atoms with Gasteiger partial charge in [0, 0.05) is 0 Å². The van der Waals surface area contributed by atoms with Gasteiger partial charge in [0.05, 0.1) is 18.3 Å². The van der Waals surface area contributed by atoms with Crippen molar-refractivity contribution in [3.05, 3.63) is 29.6 Å². The molecule has 4 N–H and O–H groups in total. The molecule has 0 heterocycles. The third-order valence-electron chi connectivity index (χ3n) is 2.15. The normalized spacial score (nSPS) is 11.8. The van der Waals surface area contributed by atoms with Crippen molar-refractivity contribution in [2.45, 2.75) is 13.0 Å². The Morgan fingerprint density at radius 1 is 1.26 bits per heavy atom. The SMILES string of the molecule is C[C@@H](N)C(=O)NCC(=O)Nc1ccc(F)c(F)c1F. The first-order valence-electron chi connectivity index (χ1n) is 5.29. The fourth-order valence-corrected chi connectivity index (χ4v) is 1.15. The van der Waals surface area contributed by atoms with Gasteiger partial charge >= 0.3 is 0 Å². The second-order valence-electron chi connectivity index (χ2n) is 3.78. The first kappa shape index (κ1) is 15.0. The van der Waals surface area contributed by atoms with Gasteiger partial charge in [-0.05, 0) is 19.1 Å². The molecule has 19 heavy (non-hydrogen) atoms. The quantitative estimate of drug-likeness (QED) is 0.700. The van der Waals surface area contributed by atoms with Crippen LogP contribution in [0.3, 0.4) is 0 Å². The van der Waals surface area contributed by atoms with Crippen LogP contribution in [0.15, 0.2) is 12.1 Å². The van der Waals surface area contributed by atoms with Gasteiger partial charge in [-0.1, -0.05) is 0 Å².